The number of sulfonamides is 1. The van der Waals surface area contributed by atoms with Gasteiger partial charge in [-0.25, -0.2) is 18.1 Å². The van der Waals surface area contributed by atoms with E-state index in [0.29, 0.717) is 5.88 Å². The summed E-state index contributed by atoms with van der Waals surface area (Å²) in [6.45, 7) is 0.276. The molecule has 0 saturated heterocycles. The van der Waals surface area contributed by atoms with Gasteiger partial charge in [0.15, 0.2) is 0 Å². The van der Waals surface area contributed by atoms with Crippen LogP contribution in [0.25, 0.3) is 0 Å². The number of methoxy groups -OCH3 is 1. The van der Waals surface area contributed by atoms with Crippen LogP contribution < -0.4 is 9.46 Å². The standard InChI is InChI=1S/C11H12N2O3S2/c1-16-11-3-2-10(7-12-11)18(14,15)13-6-9-4-5-17-8-9/h2-5,7-8,13H,6H2,1H3. The Morgan fingerprint density at radius 1 is 1.39 bits per heavy atom. The van der Waals surface area contributed by atoms with Crippen molar-refractivity contribution in [1.82, 2.24) is 9.71 Å². The maximum Gasteiger partial charge on any atom is 0.242 e. The van der Waals surface area contributed by atoms with Crippen LogP contribution in [0.2, 0.25) is 0 Å². The Morgan fingerprint density at radius 2 is 2.22 bits per heavy atom. The number of nitrogens with one attached hydrogen (secondary N) is 1. The Morgan fingerprint density at radius 3 is 2.78 bits per heavy atom. The minimum atomic E-state index is -3.52. The molecule has 2 aromatic heterocycles. The number of hydrogen-bond donors (Lipinski definition) is 1. The maximum absolute atomic E-state index is 11.9. The molecule has 0 aromatic carbocycles. The Bertz CT molecular complexity index is 592. The molecule has 96 valence electrons. The van der Waals surface area contributed by atoms with E-state index in [1.807, 2.05) is 16.8 Å². The number of aromatic nitrogens is 1. The van der Waals surface area contributed by atoms with E-state index in [4.69, 9.17) is 4.74 Å². The lowest BCUT2D eigenvalue weighted by Gasteiger charge is -2.06. The summed E-state index contributed by atoms with van der Waals surface area (Å²) in [5.74, 6) is 0.381. The first-order valence-corrected chi connectivity index (χ1v) is 7.55. The molecule has 0 amide bonds. The summed E-state index contributed by atoms with van der Waals surface area (Å²) in [4.78, 5) is 3.99. The van der Waals surface area contributed by atoms with Crippen molar-refractivity contribution in [2.75, 3.05) is 7.11 Å². The van der Waals surface area contributed by atoms with Gasteiger partial charge in [-0.15, -0.1) is 0 Å². The van der Waals surface area contributed by atoms with Crippen LogP contribution in [-0.4, -0.2) is 20.5 Å². The Kier molecular flexibility index (Phi) is 3.95. The number of hydrogen-bond acceptors (Lipinski definition) is 5. The van der Waals surface area contributed by atoms with Gasteiger partial charge in [0.2, 0.25) is 15.9 Å². The average Bonchev–Trinajstić information content (AvgIpc) is 2.90. The van der Waals surface area contributed by atoms with Gasteiger partial charge in [-0.2, -0.15) is 11.3 Å². The van der Waals surface area contributed by atoms with Crippen molar-refractivity contribution in [3.05, 3.63) is 40.7 Å². The third-order valence-corrected chi connectivity index (χ3v) is 4.39. The largest absolute Gasteiger partial charge is 0.481 e. The van der Waals surface area contributed by atoms with E-state index in [1.54, 1.807) is 0 Å². The maximum atomic E-state index is 11.9. The molecule has 0 saturated carbocycles. The van der Waals surface area contributed by atoms with Crippen molar-refractivity contribution < 1.29 is 13.2 Å². The van der Waals surface area contributed by atoms with E-state index in [9.17, 15) is 8.42 Å². The van der Waals surface area contributed by atoms with E-state index in [0.717, 1.165) is 5.56 Å². The Hall–Kier alpha value is -1.44. The molecule has 5 nitrogen and oxygen atoms in total. The summed E-state index contributed by atoms with van der Waals surface area (Å²) in [5.41, 5.74) is 0.935. The predicted molar refractivity (Wildman–Crippen MR) is 69.1 cm³/mol. The summed E-state index contributed by atoms with van der Waals surface area (Å²) in [6, 6.07) is 4.85. The number of pyridine rings is 1. The molecule has 0 aliphatic carbocycles. The normalized spacial score (nSPS) is 11.4. The van der Waals surface area contributed by atoms with Crippen LogP contribution in [0, 0.1) is 0 Å². The molecular weight excluding hydrogens is 272 g/mol. The molecule has 0 unspecified atom stereocenters. The van der Waals surface area contributed by atoms with Gasteiger partial charge in [0.25, 0.3) is 0 Å². The fourth-order valence-electron chi connectivity index (χ4n) is 1.30. The molecule has 0 spiro atoms. The van der Waals surface area contributed by atoms with Gasteiger partial charge in [-0.1, -0.05) is 0 Å². The quantitative estimate of drug-likeness (QED) is 0.906. The summed E-state index contributed by atoms with van der Waals surface area (Å²) < 4.78 is 31.3. The fraction of sp³-hybridized carbons (Fsp3) is 0.182. The van der Waals surface area contributed by atoms with Crippen molar-refractivity contribution in [3.8, 4) is 5.88 Å². The highest BCUT2D eigenvalue weighted by Crippen LogP contribution is 2.13. The lowest BCUT2D eigenvalue weighted by atomic mass is 10.4. The van der Waals surface area contributed by atoms with Crippen molar-refractivity contribution in [2.45, 2.75) is 11.4 Å². The highest BCUT2D eigenvalue weighted by molar-refractivity contribution is 7.89. The minimum absolute atomic E-state index is 0.124. The van der Waals surface area contributed by atoms with E-state index in [-0.39, 0.29) is 11.4 Å². The van der Waals surface area contributed by atoms with Gasteiger partial charge in [0.05, 0.1) is 13.3 Å². The predicted octanol–water partition coefficient (Wildman–Crippen LogP) is 1.63. The second-order valence-corrected chi connectivity index (χ2v) is 6.04. The van der Waals surface area contributed by atoms with Gasteiger partial charge in [-0.3, -0.25) is 0 Å². The Labute approximate surface area is 110 Å². The zero-order valence-electron chi connectivity index (χ0n) is 9.66. The first-order valence-electron chi connectivity index (χ1n) is 5.12. The van der Waals surface area contributed by atoms with E-state index >= 15 is 0 Å². The number of ether oxygens (including phenoxy) is 1. The van der Waals surface area contributed by atoms with Crippen LogP contribution >= 0.6 is 11.3 Å². The monoisotopic (exact) mass is 284 g/mol. The van der Waals surface area contributed by atoms with Gasteiger partial charge in [0.1, 0.15) is 4.90 Å². The summed E-state index contributed by atoms with van der Waals surface area (Å²) >= 11 is 1.53. The molecule has 2 heterocycles. The van der Waals surface area contributed by atoms with Crippen LogP contribution in [0.3, 0.4) is 0 Å². The SMILES string of the molecule is COc1ccc(S(=O)(=O)NCc2ccsc2)cn1. The first kappa shape index (κ1) is 13.0. The van der Waals surface area contributed by atoms with E-state index < -0.39 is 10.0 Å². The van der Waals surface area contributed by atoms with Crippen LogP contribution in [-0.2, 0) is 16.6 Å². The first-order chi connectivity index (χ1) is 8.62. The van der Waals surface area contributed by atoms with Crippen molar-refractivity contribution >= 4 is 21.4 Å². The minimum Gasteiger partial charge on any atom is -0.481 e. The fourth-order valence-corrected chi connectivity index (χ4v) is 2.93. The van der Waals surface area contributed by atoms with Gasteiger partial charge in [0, 0.05) is 12.6 Å². The molecule has 1 N–H and O–H groups in total. The third-order valence-electron chi connectivity index (χ3n) is 2.28. The third kappa shape index (κ3) is 3.06. The zero-order chi connectivity index (χ0) is 13.0. The highest BCUT2D eigenvalue weighted by Gasteiger charge is 2.14. The van der Waals surface area contributed by atoms with Crippen LogP contribution in [0.4, 0.5) is 0 Å². The van der Waals surface area contributed by atoms with Gasteiger partial charge >= 0.3 is 0 Å². The molecule has 18 heavy (non-hydrogen) atoms. The number of thiophene rings is 1. The molecule has 0 bridgehead atoms. The second-order valence-electron chi connectivity index (χ2n) is 3.49. The topological polar surface area (TPSA) is 68.3 Å². The molecule has 7 heteroatoms. The molecular formula is C11H12N2O3S2. The average molecular weight is 284 g/mol. The lowest BCUT2D eigenvalue weighted by molar-refractivity contribution is 0.397. The molecule has 2 aromatic rings. The van der Waals surface area contributed by atoms with Gasteiger partial charge < -0.3 is 4.74 Å². The summed E-state index contributed by atoms with van der Waals surface area (Å²) in [5, 5.41) is 3.80. The molecule has 2 rings (SSSR count). The summed E-state index contributed by atoms with van der Waals surface area (Å²) in [7, 11) is -2.05. The zero-order valence-corrected chi connectivity index (χ0v) is 11.3. The molecule has 0 aliphatic heterocycles. The van der Waals surface area contributed by atoms with E-state index in [1.165, 1.54) is 36.8 Å². The smallest absolute Gasteiger partial charge is 0.242 e. The molecule has 0 atom stereocenters. The van der Waals surface area contributed by atoms with Gasteiger partial charge in [-0.05, 0) is 28.5 Å². The van der Waals surface area contributed by atoms with Crippen LogP contribution in [0.5, 0.6) is 5.88 Å². The van der Waals surface area contributed by atoms with Crippen molar-refractivity contribution in [3.63, 3.8) is 0 Å². The Balaban J connectivity index is 2.09. The van der Waals surface area contributed by atoms with Crippen LogP contribution in [0.15, 0.2) is 40.1 Å². The molecule has 0 fully saturated rings. The van der Waals surface area contributed by atoms with Crippen LogP contribution in [0.1, 0.15) is 5.56 Å². The molecule has 0 radical (unpaired) electrons. The number of rotatable bonds is 5. The van der Waals surface area contributed by atoms with E-state index in [2.05, 4.69) is 9.71 Å². The summed E-state index contributed by atoms with van der Waals surface area (Å²) in [6.07, 6.45) is 1.27. The number of nitrogens with zero attached hydrogens (tertiary/aromatic N) is 1. The highest BCUT2D eigenvalue weighted by atomic mass is 32.2. The lowest BCUT2D eigenvalue weighted by Crippen LogP contribution is -2.23. The van der Waals surface area contributed by atoms with Crippen molar-refractivity contribution in [1.29, 1.82) is 0 Å². The van der Waals surface area contributed by atoms with Crippen molar-refractivity contribution in [2.24, 2.45) is 0 Å². The second kappa shape index (κ2) is 5.47. The molecule has 0 aliphatic rings.